The molecule has 0 aromatic heterocycles. The molecule has 152 valence electrons. The Morgan fingerprint density at radius 1 is 0.484 bits per heavy atom. The van der Waals surface area contributed by atoms with Crippen molar-refractivity contribution in [3.05, 3.63) is 120 Å². The highest BCUT2D eigenvalue weighted by Crippen LogP contribution is 2.29. The molecule has 5 nitrogen and oxygen atoms in total. The molecular formula is C26H21N3O2. The molecular weight excluding hydrogens is 386 g/mol. The summed E-state index contributed by atoms with van der Waals surface area (Å²) < 4.78 is 0. The van der Waals surface area contributed by atoms with Gasteiger partial charge in [-0.3, -0.25) is 9.59 Å². The lowest BCUT2D eigenvalue weighted by atomic mass is 10.1. The summed E-state index contributed by atoms with van der Waals surface area (Å²) >= 11 is 0. The summed E-state index contributed by atoms with van der Waals surface area (Å²) in [5.74, 6) is -0.412. The standard InChI is InChI=1S/C26H21N3O2/c30-25(19-10-4-1-5-11-19)28-22-16-17-23(29-26(31)20-12-6-2-7-13-20)24(18-22)27-21-14-8-3-9-15-21/h1-18,27H,(H,28,30)(H,29,31). The fourth-order valence-corrected chi connectivity index (χ4v) is 3.09. The molecule has 0 spiro atoms. The second-order valence-electron chi connectivity index (χ2n) is 6.89. The molecule has 0 saturated carbocycles. The summed E-state index contributed by atoms with van der Waals surface area (Å²) in [4.78, 5) is 25.2. The monoisotopic (exact) mass is 407 g/mol. The molecule has 0 bridgehead atoms. The zero-order valence-electron chi connectivity index (χ0n) is 16.7. The fraction of sp³-hybridized carbons (Fsp3) is 0. The number of carbonyl (C=O) groups excluding carboxylic acids is 2. The molecule has 0 fully saturated rings. The normalized spacial score (nSPS) is 10.2. The molecule has 0 heterocycles. The molecule has 4 aromatic carbocycles. The van der Waals surface area contributed by atoms with Crippen molar-refractivity contribution < 1.29 is 9.59 Å². The van der Waals surface area contributed by atoms with E-state index in [4.69, 9.17) is 0 Å². The number of para-hydroxylation sites is 1. The van der Waals surface area contributed by atoms with Gasteiger partial charge in [0.25, 0.3) is 11.8 Å². The molecule has 0 aliphatic carbocycles. The molecule has 0 atom stereocenters. The highest BCUT2D eigenvalue weighted by atomic mass is 16.2. The third-order valence-corrected chi connectivity index (χ3v) is 4.65. The van der Waals surface area contributed by atoms with Gasteiger partial charge in [0.2, 0.25) is 0 Å². The number of hydrogen-bond acceptors (Lipinski definition) is 3. The van der Waals surface area contributed by atoms with E-state index >= 15 is 0 Å². The van der Waals surface area contributed by atoms with E-state index in [0.29, 0.717) is 28.2 Å². The second kappa shape index (κ2) is 9.41. The van der Waals surface area contributed by atoms with E-state index in [-0.39, 0.29) is 11.8 Å². The van der Waals surface area contributed by atoms with Crippen molar-refractivity contribution in [3.8, 4) is 0 Å². The summed E-state index contributed by atoms with van der Waals surface area (Å²) in [5, 5.41) is 9.17. The summed E-state index contributed by atoms with van der Waals surface area (Å²) in [6.45, 7) is 0. The molecule has 0 aliphatic heterocycles. The van der Waals surface area contributed by atoms with Crippen molar-refractivity contribution in [1.29, 1.82) is 0 Å². The van der Waals surface area contributed by atoms with E-state index in [2.05, 4.69) is 16.0 Å². The van der Waals surface area contributed by atoms with Crippen molar-refractivity contribution in [3.63, 3.8) is 0 Å². The van der Waals surface area contributed by atoms with E-state index in [1.807, 2.05) is 66.7 Å². The molecule has 0 aliphatic rings. The van der Waals surface area contributed by atoms with Crippen molar-refractivity contribution in [2.24, 2.45) is 0 Å². The van der Waals surface area contributed by atoms with Crippen molar-refractivity contribution >= 4 is 34.6 Å². The van der Waals surface area contributed by atoms with Gasteiger partial charge in [-0.25, -0.2) is 0 Å². The van der Waals surface area contributed by atoms with Crippen molar-refractivity contribution in [2.75, 3.05) is 16.0 Å². The van der Waals surface area contributed by atoms with E-state index in [9.17, 15) is 9.59 Å². The van der Waals surface area contributed by atoms with Crippen LogP contribution in [0.3, 0.4) is 0 Å². The number of nitrogens with one attached hydrogen (secondary N) is 3. The van der Waals surface area contributed by atoms with Crippen LogP contribution in [0.2, 0.25) is 0 Å². The van der Waals surface area contributed by atoms with Gasteiger partial charge < -0.3 is 16.0 Å². The van der Waals surface area contributed by atoms with Gasteiger partial charge in [-0.2, -0.15) is 0 Å². The lowest BCUT2D eigenvalue weighted by Gasteiger charge is -2.15. The maximum atomic E-state index is 12.7. The number of hydrogen-bond donors (Lipinski definition) is 3. The summed E-state index contributed by atoms with van der Waals surface area (Å²) in [7, 11) is 0. The molecule has 2 amide bonds. The Balaban J connectivity index is 1.61. The molecule has 4 rings (SSSR count). The average molecular weight is 407 g/mol. The van der Waals surface area contributed by atoms with Crippen LogP contribution >= 0.6 is 0 Å². The Bertz CT molecular complexity index is 1180. The van der Waals surface area contributed by atoms with Crippen LogP contribution in [0.5, 0.6) is 0 Å². The van der Waals surface area contributed by atoms with Crippen LogP contribution < -0.4 is 16.0 Å². The summed E-state index contributed by atoms with van der Waals surface area (Å²) in [6.07, 6.45) is 0. The smallest absolute Gasteiger partial charge is 0.255 e. The first-order valence-corrected chi connectivity index (χ1v) is 9.88. The first-order chi connectivity index (χ1) is 15.2. The molecule has 31 heavy (non-hydrogen) atoms. The van der Waals surface area contributed by atoms with Gasteiger partial charge in [-0.15, -0.1) is 0 Å². The Morgan fingerprint density at radius 3 is 1.58 bits per heavy atom. The van der Waals surface area contributed by atoms with Crippen LogP contribution in [-0.2, 0) is 0 Å². The maximum Gasteiger partial charge on any atom is 0.255 e. The Hall–Kier alpha value is -4.38. The molecule has 4 aromatic rings. The largest absolute Gasteiger partial charge is 0.354 e. The Morgan fingerprint density at radius 2 is 1.00 bits per heavy atom. The van der Waals surface area contributed by atoms with Gasteiger partial charge in [-0.1, -0.05) is 54.6 Å². The van der Waals surface area contributed by atoms with E-state index in [0.717, 1.165) is 5.69 Å². The van der Waals surface area contributed by atoms with Crippen molar-refractivity contribution in [1.82, 2.24) is 0 Å². The lowest BCUT2D eigenvalue weighted by Crippen LogP contribution is -2.14. The average Bonchev–Trinajstić information content (AvgIpc) is 2.82. The number of benzene rings is 4. The van der Waals surface area contributed by atoms with Gasteiger partial charge in [0.15, 0.2) is 0 Å². The first-order valence-electron chi connectivity index (χ1n) is 9.88. The topological polar surface area (TPSA) is 70.2 Å². The highest BCUT2D eigenvalue weighted by molar-refractivity contribution is 6.07. The van der Waals surface area contributed by atoms with Crippen LogP contribution in [0.1, 0.15) is 20.7 Å². The quantitative estimate of drug-likeness (QED) is 0.371. The number of anilines is 4. The number of rotatable bonds is 6. The zero-order chi connectivity index (χ0) is 21.5. The van der Waals surface area contributed by atoms with E-state index < -0.39 is 0 Å². The number of amides is 2. The Kier molecular flexibility index (Phi) is 6.05. The minimum atomic E-state index is -0.210. The molecule has 0 saturated heterocycles. The predicted molar refractivity (Wildman–Crippen MR) is 125 cm³/mol. The van der Waals surface area contributed by atoms with Gasteiger partial charge in [0.1, 0.15) is 0 Å². The predicted octanol–water partition coefficient (Wildman–Crippen LogP) is 5.93. The second-order valence-corrected chi connectivity index (χ2v) is 6.89. The molecule has 0 unspecified atom stereocenters. The summed E-state index contributed by atoms with van der Waals surface area (Å²) in [6, 6.07) is 33.0. The van der Waals surface area contributed by atoms with Crippen LogP contribution in [0.4, 0.5) is 22.7 Å². The Labute approximate surface area is 180 Å². The SMILES string of the molecule is O=C(Nc1ccc(NC(=O)c2ccccc2)c(Nc2ccccc2)c1)c1ccccc1. The zero-order valence-corrected chi connectivity index (χ0v) is 16.7. The van der Waals surface area contributed by atoms with Crippen LogP contribution in [0, 0.1) is 0 Å². The fourth-order valence-electron chi connectivity index (χ4n) is 3.09. The van der Waals surface area contributed by atoms with E-state index in [1.54, 1.807) is 42.5 Å². The molecule has 3 N–H and O–H groups in total. The van der Waals surface area contributed by atoms with E-state index in [1.165, 1.54) is 0 Å². The minimum Gasteiger partial charge on any atom is -0.354 e. The first kappa shape index (κ1) is 19.9. The third kappa shape index (κ3) is 5.16. The summed E-state index contributed by atoms with van der Waals surface area (Å²) in [5.41, 5.74) is 3.89. The van der Waals surface area contributed by atoms with Crippen LogP contribution in [-0.4, -0.2) is 11.8 Å². The minimum absolute atomic E-state index is 0.202. The van der Waals surface area contributed by atoms with Gasteiger partial charge in [0, 0.05) is 22.5 Å². The molecule has 0 radical (unpaired) electrons. The van der Waals surface area contributed by atoms with Gasteiger partial charge in [-0.05, 0) is 54.6 Å². The highest BCUT2D eigenvalue weighted by Gasteiger charge is 2.12. The van der Waals surface area contributed by atoms with Gasteiger partial charge >= 0.3 is 0 Å². The number of carbonyl (C=O) groups is 2. The maximum absolute atomic E-state index is 12.7. The third-order valence-electron chi connectivity index (χ3n) is 4.65. The van der Waals surface area contributed by atoms with Crippen molar-refractivity contribution in [2.45, 2.75) is 0 Å². The molecule has 5 heteroatoms. The lowest BCUT2D eigenvalue weighted by molar-refractivity contribution is 0.101. The van der Waals surface area contributed by atoms with Crippen LogP contribution in [0.15, 0.2) is 109 Å². The van der Waals surface area contributed by atoms with Crippen LogP contribution in [0.25, 0.3) is 0 Å². The van der Waals surface area contributed by atoms with Gasteiger partial charge in [0.05, 0.1) is 11.4 Å².